The van der Waals surface area contributed by atoms with Crippen LogP contribution in [0.15, 0.2) is 10.6 Å². The van der Waals surface area contributed by atoms with E-state index >= 15 is 0 Å². The van der Waals surface area contributed by atoms with E-state index < -0.39 is 0 Å². The molecular weight excluding hydrogens is 216 g/mol. The molecular formula is C13H24N2O2. The van der Waals surface area contributed by atoms with Crippen LogP contribution in [0.2, 0.25) is 0 Å². The van der Waals surface area contributed by atoms with Crippen molar-refractivity contribution in [1.82, 2.24) is 10.3 Å². The third-order valence-corrected chi connectivity index (χ3v) is 3.14. The van der Waals surface area contributed by atoms with Gasteiger partial charge in [0.05, 0.1) is 6.20 Å². The van der Waals surface area contributed by atoms with Gasteiger partial charge in [-0.1, -0.05) is 13.8 Å². The summed E-state index contributed by atoms with van der Waals surface area (Å²) in [6, 6.07) is 0. The molecule has 1 rings (SSSR count). The zero-order chi connectivity index (χ0) is 12.7. The minimum atomic E-state index is -0.359. The first-order valence-electron chi connectivity index (χ1n) is 6.37. The molecule has 4 heteroatoms. The molecule has 4 nitrogen and oxygen atoms in total. The molecule has 0 radical (unpaired) electrons. The van der Waals surface area contributed by atoms with Gasteiger partial charge in [0.1, 0.15) is 5.60 Å². The first kappa shape index (κ1) is 14.2. The molecule has 98 valence electrons. The molecule has 0 aliphatic heterocycles. The molecule has 0 aliphatic rings. The highest BCUT2D eigenvalue weighted by atomic mass is 16.5. The summed E-state index contributed by atoms with van der Waals surface area (Å²) in [5, 5.41) is 3.33. The van der Waals surface area contributed by atoms with Crippen LogP contribution in [-0.2, 0) is 16.8 Å². The van der Waals surface area contributed by atoms with Crippen LogP contribution in [0.25, 0.3) is 0 Å². The van der Waals surface area contributed by atoms with E-state index in [0.29, 0.717) is 0 Å². The van der Waals surface area contributed by atoms with Crippen molar-refractivity contribution >= 4 is 0 Å². The molecule has 0 fully saturated rings. The Morgan fingerprint density at radius 1 is 1.41 bits per heavy atom. The molecule has 0 aromatic carbocycles. The van der Waals surface area contributed by atoms with Crippen molar-refractivity contribution in [3.05, 3.63) is 17.8 Å². The molecule has 1 aromatic rings. The zero-order valence-electron chi connectivity index (χ0n) is 11.4. The number of hydrogen-bond donors (Lipinski definition) is 1. The topological polar surface area (TPSA) is 47.3 Å². The predicted molar refractivity (Wildman–Crippen MR) is 68.0 cm³/mol. The minimum absolute atomic E-state index is 0.359. The van der Waals surface area contributed by atoms with E-state index in [4.69, 9.17) is 9.15 Å². The lowest BCUT2D eigenvalue weighted by molar-refractivity contribution is -0.0197. The Hall–Kier alpha value is -0.870. The van der Waals surface area contributed by atoms with Crippen molar-refractivity contribution < 1.29 is 9.15 Å². The summed E-state index contributed by atoms with van der Waals surface area (Å²) in [5.74, 6) is 1.59. The molecule has 0 bridgehead atoms. The molecule has 0 saturated carbocycles. The summed E-state index contributed by atoms with van der Waals surface area (Å²) < 4.78 is 11.2. The Morgan fingerprint density at radius 3 is 2.76 bits per heavy atom. The van der Waals surface area contributed by atoms with E-state index in [-0.39, 0.29) is 5.60 Å². The molecule has 1 heterocycles. The highest BCUT2D eigenvalue weighted by molar-refractivity contribution is 5.05. The second-order valence-corrected chi connectivity index (χ2v) is 4.41. The zero-order valence-corrected chi connectivity index (χ0v) is 11.4. The van der Waals surface area contributed by atoms with E-state index in [0.717, 1.165) is 44.0 Å². The van der Waals surface area contributed by atoms with Crippen LogP contribution < -0.4 is 5.32 Å². The molecule has 1 aromatic heterocycles. The normalized spacial score (nSPS) is 14.8. The first-order valence-corrected chi connectivity index (χ1v) is 6.37. The number of oxazole rings is 1. The van der Waals surface area contributed by atoms with Crippen molar-refractivity contribution in [2.45, 2.75) is 45.6 Å². The van der Waals surface area contributed by atoms with E-state index in [1.165, 1.54) is 0 Å². The van der Waals surface area contributed by atoms with Gasteiger partial charge in [-0.2, -0.15) is 0 Å². The number of hydrogen-bond acceptors (Lipinski definition) is 4. The van der Waals surface area contributed by atoms with E-state index in [1.807, 2.05) is 6.92 Å². The fourth-order valence-corrected chi connectivity index (χ4v) is 1.59. The fraction of sp³-hybridized carbons (Fsp3) is 0.769. The number of rotatable bonds is 8. The summed E-state index contributed by atoms with van der Waals surface area (Å²) in [7, 11) is 1.70. The lowest BCUT2D eigenvalue weighted by atomic mass is 10.0. The standard InChI is InChI=1S/C13H24N2O2/c1-5-8-14-9-7-12-15-10-11(17-12)13(3,6-2)16-4/h10,14H,5-9H2,1-4H3. The van der Waals surface area contributed by atoms with Crippen LogP contribution in [0.3, 0.4) is 0 Å². The highest BCUT2D eigenvalue weighted by Crippen LogP contribution is 2.28. The van der Waals surface area contributed by atoms with Crippen LogP contribution >= 0.6 is 0 Å². The van der Waals surface area contributed by atoms with E-state index in [9.17, 15) is 0 Å². The highest BCUT2D eigenvalue weighted by Gasteiger charge is 2.28. The van der Waals surface area contributed by atoms with Crippen LogP contribution in [0.4, 0.5) is 0 Å². The van der Waals surface area contributed by atoms with E-state index in [2.05, 4.69) is 24.1 Å². The van der Waals surface area contributed by atoms with Crippen LogP contribution in [0.1, 0.15) is 45.3 Å². The summed E-state index contributed by atoms with van der Waals surface area (Å²) >= 11 is 0. The van der Waals surface area contributed by atoms with Gasteiger partial charge in [-0.25, -0.2) is 4.98 Å². The number of aromatic nitrogens is 1. The van der Waals surface area contributed by atoms with Gasteiger partial charge in [0, 0.05) is 20.1 Å². The predicted octanol–water partition coefficient (Wildman–Crippen LogP) is 2.49. The Bertz CT molecular complexity index is 319. The van der Waals surface area contributed by atoms with Gasteiger partial charge in [-0.15, -0.1) is 0 Å². The largest absolute Gasteiger partial charge is 0.443 e. The second kappa shape index (κ2) is 6.77. The van der Waals surface area contributed by atoms with Gasteiger partial charge in [-0.3, -0.25) is 0 Å². The summed E-state index contributed by atoms with van der Waals surface area (Å²) in [6.45, 7) is 8.20. The molecule has 1 N–H and O–H groups in total. The van der Waals surface area contributed by atoms with E-state index in [1.54, 1.807) is 13.3 Å². The smallest absolute Gasteiger partial charge is 0.195 e. The fourth-order valence-electron chi connectivity index (χ4n) is 1.59. The van der Waals surface area contributed by atoms with Crippen LogP contribution in [0, 0.1) is 0 Å². The van der Waals surface area contributed by atoms with Crippen LogP contribution in [-0.4, -0.2) is 25.2 Å². The monoisotopic (exact) mass is 240 g/mol. The molecule has 1 atom stereocenters. The van der Waals surface area contributed by atoms with Gasteiger partial charge >= 0.3 is 0 Å². The van der Waals surface area contributed by atoms with Gasteiger partial charge in [0.2, 0.25) is 0 Å². The number of ether oxygens (including phenoxy) is 1. The van der Waals surface area contributed by atoms with Gasteiger partial charge < -0.3 is 14.5 Å². The van der Waals surface area contributed by atoms with Crippen LogP contribution in [0.5, 0.6) is 0 Å². The van der Waals surface area contributed by atoms with Crippen molar-refractivity contribution in [1.29, 1.82) is 0 Å². The Kier molecular flexibility index (Phi) is 5.65. The molecule has 0 saturated heterocycles. The molecule has 1 unspecified atom stereocenters. The van der Waals surface area contributed by atoms with Crippen molar-refractivity contribution in [2.75, 3.05) is 20.2 Å². The lowest BCUT2D eigenvalue weighted by Crippen LogP contribution is -2.22. The third kappa shape index (κ3) is 3.82. The lowest BCUT2D eigenvalue weighted by Gasteiger charge is -2.23. The maximum Gasteiger partial charge on any atom is 0.195 e. The minimum Gasteiger partial charge on any atom is -0.443 e. The maximum absolute atomic E-state index is 5.73. The first-order chi connectivity index (χ1) is 8.16. The number of nitrogens with one attached hydrogen (secondary N) is 1. The molecule has 0 amide bonds. The number of methoxy groups -OCH3 is 1. The van der Waals surface area contributed by atoms with Crippen molar-refractivity contribution in [2.24, 2.45) is 0 Å². The number of nitrogens with zero attached hydrogens (tertiary/aromatic N) is 1. The third-order valence-electron chi connectivity index (χ3n) is 3.14. The van der Waals surface area contributed by atoms with Crippen molar-refractivity contribution in [3.63, 3.8) is 0 Å². The maximum atomic E-state index is 5.73. The summed E-state index contributed by atoms with van der Waals surface area (Å²) in [4.78, 5) is 4.29. The molecule has 0 spiro atoms. The van der Waals surface area contributed by atoms with Gasteiger partial charge in [0.15, 0.2) is 11.7 Å². The van der Waals surface area contributed by atoms with Gasteiger partial charge in [-0.05, 0) is 26.3 Å². The second-order valence-electron chi connectivity index (χ2n) is 4.41. The SMILES string of the molecule is CCCNCCc1ncc(C(C)(CC)OC)o1. The Labute approximate surface area is 104 Å². The Balaban J connectivity index is 2.53. The summed E-state index contributed by atoms with van der Waals surface area (Å²) in [5.41, 5.74) is -0.359. The van der Waals surface area contributed by atoms with Crippen molar-refractivity contribution in [3.8, 4) is 0 Å². The Morgan fingerprint density at radius 2 is 2.18 bits per heavy atom. The quantitative estimate of drug-likeness (QED) is 0.709. The average Bonchev–Trinajstić information content (AvgIpc) is 2.83. The molecule has 0 aliphatic carbocycles. The summed E-state index contributed by atoms with van der Waals surface area (Å²) in [6.07, 6.45) is 4.62. The molecule has 17 heavy (non-hydrogen) atoms. The van der Waals surface area contributed by atoms with Gasteiger partial charge in [0.25, 0.3) is 0 Å². The average molecular weight is 240 g/mol.